The second kappa shape index (κ2) is 9.62. The van der Waals surface area contributed by atoms with E-state index in [1.807, 2.05) is 18.4 Å². The van der Waals surface area contributed by atoms with Gasteiger partial charge in [-0.05, 0) is 41.8 Å². The quantitative estimate of drug-likeness (QED) is 0.486. The van der Waals surface area contributed by atoms with Gasteiger partial charge in [0.05, 0.1) is 43.8 Å². The molecule has 9 nitrogen and oxygen atoms in total. The van der Waals surface area contributed by atoms with Gasteiger partial charge in [-0.3, -0.25) is 9.59 Å². The lowest BCUT2D eigenvalue weighted by atomic mass is 9.94. The van der Waals surface area contributed by atoms with Crippen molar-refractivity contribution < 1.29 is 18.7 Å². The highest BCUT2D eigenvalue weighted by Crippen LogP contribution is 2.27. The van der Waals surface area contributed by atoms with Crippen LogP contribution in [0, 0.1) is 5.82 Å². The Morgan fingerprint density at radius 3 is 2.70 bits per heavy atom. The van der Waals surface area contributed by atoms with Gasteiger partial charge in [-0.15, -0.1) is 10.2 Å². The summed E-state index contributed by atoms with van der Waals surface area (Å²) in [7, 11) is 1.67. The molecule has 3 heterocycles. The summed E-state index contributed by atoms with van der Waals surface area (Å²) in [6.45, 7) is 5.74. The van der Waals surface area contributed by atoms with Gasteiger partial charge in [-0.25, -0.2) is 4.39 Å². The second-order valence-electron chi connectivity index (χ2n) is 8.19. The molecule has 2 aromatic heterocycles. The van der Waals surface area contributed by atoms with Gasteiger partial charge in [0.25, 0.3) is 5.91 Å². The van der Waals surface area contributed by atoms with Crippen LogP contribution < -0.4 is 0 Å². The van der Waals surface area contributed by atoms with E-state index in [1.165, 1.54) is 16.9 Å². The van der Waals surface area contributed by atoms with E-state index in [2.05, 4.69) is 15.4 Å². The number of hydrogen-bond acceptors (Lipinski definition) is 6. The van der Waals surface area contributed by atoms with Crippen molar-refractivity contribution in [2.24, 2.45) is 7.05 Å². The molecule has 0 N–H and O–H groups in total. The summed E-state index contributed by atoms with van der Waals surface area (Å²) in [5, 5.41) is 11.9. The average Bonchev–Trinajstić information content (AvgIpc) is 3.40. The van der Waals surface area contributed by atoms with E-state index < -0.39 is 0 Å². The van der Waals surface area contributed by atoms with Crippen LogP contribution in [0.15, 0.2) is 30.3 Å². The lowest BCUT2D eigenvalue weighted by Gasteiger charge is -2.22. The summed E-state index contributed by atoms with van der Waals surface area (Å²) in [5.41, 5.74) is 2.55. The molecule has 0 spiro atoms. The standard InChI is InChI=1S/C23H27FN6O3/c1-4-29(13-22-25-27-28(3)26-22)23(32)18-12-19(30-9-10-33-14-20(18)30)21(31)11-15(2)16-5-7-17(24)8-6-16/h5-8,12,15H,4,9-11,13-14H2,1-3H3/t15-/m0/s1. The van der Waals surface area contributed by atoms with Gasteiger partial charge >= 0.3 is 0 Å². The molecule has 33 heavy (non-hydrogen) atoms. The number of benzene rings is 1. The number of fused-ring (bicyclic) bond motifs is 1. The Balaban J connectivity index is 1.58. The molecule has 0 aliphatic carbocycles. The smallest absolute Gasteiger partial charge is 0.256 e. The fourth-order valence-corrected chi connectivity index (χ4v) is 4.09. The number of nitrogens with zero attached hydrogens (tertiary/aromatic N) is 6. The van der Waals surface area contributed by atoms with Crippen LogP contribution in [0.1, 0.15) is 64.1 Å². The first kappa shape index (κ1) is 22.8. The van der Waals surface area contributed by atoms with E-state index in [1.54, 1.807) is 30.1 Å². The van der Waals surface area contributed by atoms with Crippen molar-refractivity contribution in [1.82, 2.24) is 29.7 Å². The second-order valence-corrected chi connectivity index (χ2v) is 8.19. The van der Waals surface area contributed by atoms with Gasteiger partial charge in [0.2, 0.25) is 0 Å². The molecule has 1 aliphatic heterocycles. The van der Waals surface area contributed by atoms with Crippen LogP contribution in [-0.4, -0.2) is 54.5 Å². The van der Waals surface area contributed by atoms with Crippen LogP contribution in [0.5, 0.6) is 0 Å². The summed E-state index contributed by atoms with van der Waals surface area (Å²) in [6, 6.07) is 7.87. The zero-order valence-corrected chi connectivity index (χ0v) is 19.0. The third-order valence-electron chi connectivity index (χ3n) is 5.90. The Kier molecular flexibility index (Phi) is 6.64. The molecule has 0 fully saturated rings. The largest absolute Gasteiger partial charge is 0.373 e. The first-order valence-corrected chi connectivity index (χ1v) is 11.0. The minimum absolute atomic E-state index is 0.0623. The molecule has 0 unspecified atom stereocenters. The van der Waals surface area contributed by atoms with Crippen molar-refractivity contribution in [1.29, 1.82) is 0 Å². The highest BCUT2D eigenvalue weighted by atomic mass is 19.1. The fourth-order valence-electron chi connectivity index (χ4n) is 4.09. The third-order valence-corrected chi connectivity index (χ3v) is 5.90. The van der Waals surface area contributed by atoms with Crippen LogP contribution >= 0.6 is 0 Å². The van der Waals surface area contributed by atoms with E-state index in [4.69, 9.17) is 4.74 Å². The molecule has 10 heteroatoms. The minimum atomic E-state index is -0.307. The number of carbonyl (C=O) groups is 2. The average molecular weight is 455 g/mol. The third kappa shape index (κ3) is 4.85. The van der Waals surface area contributed by atoms with Gasteiger partial charge in [-0.1, -0.05) is 19.1 Å². The van der Waals surface area contributed by atoms with Crippen LogP contribution in [-0.2, 0) is 31.5 Å². The Labute approximate surface area is 191 Å². The maximum Gasteiger partial charge on any atom is 0.256 e. The van der Waals surface area contributed by atoms with Crippen LogP contribution in [0.2, 0.25) is 0 Å². The number of rotatable bonds is 8. The molecule has 0 saturated heterocycles. The number of Topliss-reactive ketones (excluding diaryl/α,β-unsaturated/α-hetero) is 1. The van der Waals surface area contributed by atoms with Crippen LogP contribution in [0.25, 0.3) is 0 Å². The van der Waals surface area contributed by atoms with Crippen LogP contribution in [0.3, 0.4) is 0 Å². The molecule has 0 radical (unpaired) electrons. The lowest BCUT2D eigenvalue weighted by molar-refractivity contribution is 0.0699. The van der Waals surface area contributed by atoms with Gasteiger partial charge in [0.15, 0.2) is 11.6 Å². The molecule has 3 aromatic rings. The number of tetrazole rings is 1. The Morgan fingerprint density at radius 2 is 2.03 bits per heavy atom. The molecule has 1 aromatic carbocycles. The molecule has 174 valence electrons. The van der Waals surface area contributed by atoms with E-state index in [0.717, 1.165) is 5.56 Å². The summed E-state index contributed by atoms with van der Waals surface area (Å²) in [4.78, 5) is 29.6. The maximum absolute atomic E-state index is 13.4. The van der Waals surface area contributed by atoms with Gasteiger partial charge in [0.1, 0.15) is 5.82 Å². The van der Waals surface area contributed by atoms with Gasteiger partial charge in [0, 0.05) is 19.5 Å². The molecule has 1 atom stereocenters. The van der Waals surface area contributed by atoms with Crippen LogP contribution in [0.4, 0.5) is 4.39 Å². The van der Waals surface area contributed by atoms with E-state index in [9.17, 15) is 14.0 Å². The van der Waals surface area contributed by atoms with E-state index in [-0.39, 0.29) is 43.0 Å². The van der Waals surface area contributed by atoms with E-state index in [0.29, 0.717) is 42.5 Å². The molecule has 1 amide bonds. The number of amides is 1. The Hall–Kier alpha value is -3.40. The SMILES string of the molecule is CCN(Cc1nnn(C)n1)C(=O)c1cc(C(=O)C[C@H](C)c2ccc(F)cc2)n2c1COCC2. The van der Waals surface area contributed by atoms with Gasteiger partial charge in [-0.2, -0.15) is 4.80 Å². The number of ketones is 1. The van der Waals surface area contributed by atoms with E-state index >= 15 is 0 Å². The van der Waals surface area contributed by atoms with Gasteiger partial charge < -0.3 is 14.2 Å². The molecule has 0 saturated carbocycles. The maximum atomic E-state index is 13.4. The van der Waals surface area contributed by atoms with Crippen molar-refractivity contribution in [3.05, 3.63) is 64.5 Å². The summed E-state index contributed by atoms with van der Waals surface area (Å²) in [6.07, 6.45) is 0.255. The Morgan fingerprint density at radius 1 is 1.27 bits per heavy atom. The number of aryl methyl sites for hydroxylation is 1. The normalized spacial score (nSPS) is 14.1. The predicted octanol–water partition coefficient (Wildman–Crippen LogP) is 2.72. The highest BCUT2D eigenvalue weighted by molar-refractivity contribution is 6.01. The number of hydrogen-bond donors (Lipinski definition) is 0. The zero-order valence-electron chi connectivity index (χ0n) is 19.0. The summed E-state index contributed by atoms with van der Waals surface area (Å²) < 4.78 is 20.7. The summed E-state index contributed by atoms with van der Waals surface area (Å²) in [5.74, 6) is -0.213. The van der Waals surface area contributed by atoms with Crippen molar-refractivity contribution in [2.75, 3.05) is 13.2 Å². The van der Waals surface area contributed by atoms with Crippen molar-refractivity contribution in [3.8, 4) is 0 Å². The highest BCUT2D eigenvalue weighted by Gasteiger charge is 2.29. The number of ether oxygens (including phenoxy) is 1. The summed E-state index contributed by atoms with van der Waals surface area (Å²) >= 11 is 0. The lowest BCUT2D eigenvalue weighted by Crippen LogP contribution is -2.32. The molecular formula is C23H27FN6O3. The van der Waals surface area contributed by atoms with Crippen molar-refractivity contribution in [3.63, 3.8) is 0 Å². The molecular weight excluding hydrogens is 427 g/mol. The number of aromatic nitrogens is 5. The predicted molar refractivity (Wildman–Crippen MR) is 117 cm³/mol. The monoisotopic (exact) mass is 454 g/mol. The van der Waals surface area contributed by atoms with Crippen molar-refractivity contribution in [2.45, 2.75) is 45.9 Å². The first-order chi connectivity index (χ1) is 15.9. The molecule has 0 bridgehead atoms. The fraction of sp³-hybridized carbons (Fsp3) is 0.435. The molecule has 1 aliphatic rings. The van der Waals surface area contributed by atoms with Crippen molar-refractivity contribution >= 4 is 11.7 Å². The first-order valence-electron chi connectivity index (χ1n) is 11.0. The zero-order chi connectivity index (χ0) is 23.5. The molecule has 4 rings (SSSR count). The number of carbonyl (C=O) groups excluding carboxylic acids is 2. The Bertz CT molecular complexity index is 1150. The number of halogens is 1. The topological polar surface area (TPSA) is 95.1 Å². The minimum Gasteiger partial charge on any atom is -0.373 e.